The Labute approximate surface area is 125 Å². The molecule has 0 spiro atoms. The maximum atomic E-state index is 11.5. The van der Waals surface area contributed by atoms with E-state index >= 15 is 0 Å². The van der Waals surface area contributed by atoms with E-state index in [4.69, 9.17) is 4.74 Å². The molecular formula is C16H24N2O3. The van der Waals surface area contributed by atoms with Crippen LogP contribution in [0.5, 0.6) is 0 Å². The highest BCUT2D eigenvalue weighted by molar-refractivity contribution is 6.02. The van der Waals surface area contributed by atoms with Crippen molar-refractivity contribution in [2.24, 2.45) is 0 Å². The smallest absolute Gasteiger partial charge is 0.257 e. The van der Waals surface area contributed by atoms with Crippen LogP contribution in [-0.2, 0) is 9.53 Å². The summed E-state index contributed by atoms with van der Waals surface area (Å²) in [5.74, 6) is -0.354. The molecule has 5 nitrogen and oxygen atoms in total. The summed E-state index contributed by atoms with van der Waals surface area (Å²) >= 11 is 0. The zero-order valence-electron chi connectivity index (χ0n) is 12.9. The fourth-order valence-corrected chi connectivity index (χ4v) is 2.85. The topological polar surface area (TPSA) is 61.8 Å². The van der Waals surface area contributed by atoms with Gasteiger partial charge in [-0.2, -0.15) is 0 Å². The molecule has 21 heavy (non-hydrogen) atoms. The zero-order valence-corrected chi connectivity index (χ0v) is 12.9. The van der Waals surface area contributed by atoms with Gasteiger partial charge < -0.3 is 20.1 Å². The summed E-state index contributed by atoms with van der Waals surface area (Å²) < 4.78 is 5.21. The third kappa shape index (κ3) is 3.19. The number of amides is 1. The van der Waals surface area contributed by atoms with Gasteiger partial charge in [-0.3, -0.25) is 4.79 Å². The summed E-state index contributed by atoms with van der Waals surface area (Å²) in [7, 11) is 1.70. The van der Waals surface area contributed by atoms with Gasteiger partial charge in [0.25, 0.3) is 5.91 Å². The molecule has 0 radical (unpaired) electrons. The molecule has 1 heterocycles. The molecule has 0 aromatic heterocycles. The van der Waals surface area contributed by atoms with Crippen molar-refractivity contribution in [1.29, 1.82) is 0 Å². The highest BCUT2D eigenvalue weighted by Gasteiger charge is 2.29. The molecule has 0 saturated heterocycles. The van der Waals surface area contributed by atoms with Gasteiger partial charge in [0.15, 0.2) is 6.10 Å². The van der Waals surface area contributed by atoms with Crippen LogP contribution in [0.25, 0.3) is 0 Å². The van der Waals surface area contributed by atoms with E-state index in [1.54, 1.807) is 7.11 Å². The Morgan fingerprint density at radius 3 is 2.71 bits per heavy atom. The van der Waals surface area contributed by atoms with Gasteiger partial charge in [0, 0.05) is 36.6 Å². The number of carbonyl (C=O) groups excluding carboxylic acids is 1. The van der Waals surface area contributed by atoms with Crippen molar-refractivity contribution in [1.82, 2.24) is 0 Å². The first-order valence-corrected chi connectivity index (χ1v) is 7.50. The van der Waals surface area contributed by atoms with Crippen molar-refractivity contribution in [3.05, 3.63) is 23.8 Å². The highest BCUT2D eigenvalue weighted by atomic mass is 16.5. The monoisotopic (exact) mass is 292 g/mol. The van der Waals surface area contributed by atoms with Crippen molar-refractivity contribution in [2.45, 2.75) is 38.8 Å². The van der Waals surface area contributed by atoms with Crippen LogP contribution in [0.15, 0.2) is 18.2 Å². The van der Waals surface area contributed by atoms with Gasteiger partial charge in [-0.15, -0.1) is 0 Å². The molecule has 1 aromatic rings. The van der Waals surface area contributed by atoms with E-state index in [2.05, 4.69) is 24.1 Å². The van der Waals surface area contributed by atoms with E-state index < -0.39 is 6.10 Å². The summed E-state index contributed by atoms with van der Waals surface area (Å²) in [5.41, 5.74) is 2.41. The lowest BCUT2D eigenvalue weighted by Gasteiger charge is -2.33. The SMILES string of the molecule is CCC(CC)N(CCOC)c1ccc2c(c1)NC(=O)C2O. The van der Waals surface area contributed by atoms with Gasteiger partial charge in [0.05, 0.1) is 6.61 Å². The number of carbonyl (C=O) groups is 1. The van der Waals surface area contributed by atoms with E-state index in [9.17, 15) is 9.90 Å². The van der Waals surface area contributed by atoms with Crippen LogP contribution in [0, 0.1) is 0 Å². The number of aliphatic hydroxyl groups excluding tert-OH is 1. The lowest BCUT2D eigenvalue weighted by Crippen LogP contribution is -2.37. The van der Waals surface area contributed by atoms with E-state index in [-0.39, 0.29) is 5.91 Å². The number of aliphatic hydroxyl groups is 1. The van der Waals surface area contributed by atoms with Crippen LogP contribution in [0.1, 0.15) is 38.4 Å². The van der Waals surface area contributed by atoms with Crippen molar-refractivity contribution in [3.63, 3.8) is 0 Å². The fourth-order valence-electron chi connectivity index (χ4n) is 2.85. The summed E-state index contributed by atoms with van der Waals surface area (Å²) in [5, 5.41) is 12.5. The first kappa shape index (κ1) is 15.8. The summed E-state index contributed by atoms with van der Waals surface area (Å²) in [6.45, 7) is 5.81. The minimum atomic E-state index is -1.05. The minimum absolute atomic E-state index is 0.354. The van der Waals surface area contributed by atoms with Gasteiger partial charge in [0.1, 0.15) is 0 Å². The molecular weight excluding hydrogens is 268 g/mol. The summed E-state index contributed by atoms with van der Waals surface area (Å²) in [4.78, 5) is 13.8. The highest BCUT2D eigenvalue weighted by Crippen LogP contribution is 2.34. The van der Waals surface area contributed by atoms with E-state index in [1.807, 2.05) is 18.2 Å². The van der Waals surface area contributed by atoms with E-state index in [0.717, 1.165) is 25.1 Å². The molecule has 1 aliphatic heterocycles. The summed E-state index contributed by atoms with van der Waals surface area (Å²) in [6.07, 6.45) is 1.05. The van der Waals surface area contributed by atoms with Crippen LogP contribution in [0.4, 0.5) is 11.4 Å². The van der Waals surface area contributed by atoms with Gasteiger partial charge in [-0.05, 0) is 25.0 Å². The normalized spacial score (nSPS) is 17.0. The molecule has 5 heteroatoms. The fraction of sp³-hybridized carbons (Fsp3) is 0.562. The zero-order chi connectivity index (χ0) is 15.4. The molecule has 116 valence electrons. The Balaban J connectivity index is 2.28. The Morgan fingerprint density at radius 1 is 1.38 bits per heavy atom. The van der Waals surface area contributed by atoms with Crippen LogP contribution in [0.2, 0.25) is 0 Å². The Bertz CT molecular complexity index is 500. The number of hydrogen-bond acceptors (Lipinski definition) is 4. The number of nitrogens with one attached hydrogen (secondary N) is 1. The predicted octanol–water partition coefficient (Wildman–Crippen LogP) is 2.31. The Kier molecular flexibility index (Phi) is 5.20. The maximum Gasteiger partial charge on any atom is 0.257 e. The second-order valence-electron chi connectivity index (χ2n) is 5.32. The molecule has 1 aliphatic rings. The number of nitrogens with zero attached hydrogens (tertiary/aromatic N) is 1. The predicted molar refractivity (Wildman–Crippen MR) is 83.6 cm³/mol. The largest absolute Gasteiger partial charge is 0.383 e. The molecule has 1 amide bonds. The number of anilines is 2. The second-order valence-corrected chi connectivity index (χ2v) is 5.32. The van der Waals surface area contributed by atoms with Crippen LogP contribution in [-0.4, -0.2) is 37.3 Å². The molecule has 1 atom stereocenters. The van der Waals surface area contributed by atoms with Crippen LogP contribution >= 0.6 is 0 Å². The van der Waals surface area contributed by atoms with Gasteiger partial charge >= 0.3 is 0 Å². The summed E-state index contributed by atoms with van der Waals surface area (Å²) in [6, 6.07) is 6.17. The quantitative estimate of drug-likeness (QED) is 0.809. The van der Waals surface area contributed by atoms with Crippen molar-refractivity contribution in [3.8, 4) is 0 Å². The standard InChI is InChI=1S/C16H24N2O3/c1-4-11(5-2)18(8-9-21-3)12-6-7-13-14(10-12)17-16(20)15(13)19/h6-7,10-11,15,19H,4-5,8-9H2,1-3H3,(H,17,20). The molecule has 2 N–H and O–H groups in total. The molecule has 1 aromatic carbocycles. The van der Waals surface area contributed by atoms with Gasteiger partial charge in [-0.1, -0.05) is 19.9 Å². The molecule has 1 unspecified atom stereocenters. The molecule has 2 rings (SSSR count). The van der Waals surface area contributed by atoms with Gasteiger partial charge in [-0.25, -0.2) is 0 Å². The van der Waals surface area contributed by atoms with Crippen molar-refractivity contribution < 1.29 is 14.6 Å². The number of fused-ring (bicyclic) bond motifs is 1. The number of ether oxygens (including phenoxy) is 1. The first-order valence-electron chi connectivity index (χ1n) is 7.50. The lowest BCUT2D eigenvalue weighted by atomic mass is 10.1. The molecule has 0 bridgehead atoms. The van der Waals surface area contributed by atoms with E-state index in [0.29, 0.717) is 23.9 Å². The van der Waals surface area contributed by atoms with Gasteiger partial charge in [0.2, 0.25) is 0 Å². The second kappa shape index (κ2) is 6.91. The third-order valence-electron chi connectivity index (χ3n) is 4.09. The molecule has 0 fully saturated rings. The van der Waals surface area contributed by atoms with Crippen molar-refractivity contribution in [2.75, 3.05) is 30.5 Å². The number of methoxy groups -OCH3 is 1. The molecule has 0 saturated carbocycles. The maximum absolute atomic E-state index is 11.5. The molecule has 0 aliphatic carbocycles. The van der Waals surface area contributed by atoms with Crippen LogP contribution < -0.4 is 10.2 Å². The Morgan fingerprint density at radius 2 is 2.10 bits per heavy atom. The minimum Gasteiger partial charge on any atom is -0.383 e. The number of hydrogen-bond donors (Lipinski definition) is 2. The number of rotatable bonds is 7. The Hall–Kier alpha value is -1.59. The average Bonchev–Trinajstić information content (AvgIpc) is 2.78. The number of benzene rings is 1. The van der Waals surface area contributed by atoms with Crippen LogP contribution in [0.3, 0.4) is 0 Å². The average molecular weight is 292 g/mol. The van der Waals surface area contributed by atoms with E-state index in [1.165, 1.54) is 0 Å². The first-order chi connectivity index (χ1) is 10.1. The third-order valence-corrected chi connectivity index (χ3v) is 4.09. The lowest BCUT2D eigenvalue weighted by molar-refractivity contribution is -0.123. The van der Waals surface area contributed by atoms with Crippen molar-refractivity contribution >= 4 is 17.3 Å².